The van der Waals surface area contributed by atoms with Crippen molar-refractivity contribution in [3.05, 3.63) is 59.1 Å². The molecule has 0 unspecified atom stereocenters. The highest BCUT2D eigenvalue weighted by Gasteiger charge is 2.35. The third-order valence-corrected chi connectivity index (χ3v) is 5.96. The van der Waals surface area contributed by atoms with Crippen LogP contribution in [-0.4, -0.2) is 40.2 Å². The van der Waals surface area contributed by atoms with Crippen LogP contribution in [0.2, 0.25) is 0 Å². The van der Waals surface area contributed by atoms with Gasteiger partial charge in [-0.25, -0.2) is 0 Å². The number of amides is 3. The van der Waals surface area contributed by atoms with Gasteiger partial charge in [0.25, 0.3) is 0 Å². The molecule has 3 rings (SSSR count). The molecule has 10 heteroatoms. The maximum absolute atomic E-state index is 13.1. The molecule has 0 spiro atoms. The van der Waals surface area contributed by atoms with Crippen LogP contribution < -0.4 is 10.6 Å². The van der Waals surface area contributed by atoms with Crippen molar-refractivity contribution in [1.82, 2.24) is 15.2 Å². The van der Waals surface area contributed by atoms with E-state index in [1.54, 1.807) is 12.2 Å². The predicted molar refractivity (Wildman–Crippen MR) is 120 cm³/mol. The van der Waals surface area contributed by atoms with E-state index >= 15 is 0 Å². The summed E-state index contributed by atoms with van der Waals surface area (Å²) < 4.78 is 39.4. The predicted octanol–water partition coefficient (Wildman–Crippen LogP) is 4.02. The van der Waals surface area contributed by atoms with Crippen LogP contribution in [0.3, 0.4) is 0 Å². The first-order chi connectivity index (χ1) is 16.0. The van der Waals surface area contributed by atoms with E-state index < -0.39 is 29.6 Å². The largest absolute Gasteiger partial charge is 0.418 e. The van der Waals surface area contributed by atoms with Gasteiger partial charge in [-0.1, -0.05) is 12.7 Å². The number of aryl methyl sites for hydroxylation is 1. The molecule has 1 fully saturated rings. The Morgan fingerprint density at radius 1 is 1.26 bits per heavy atom. The van der Waals surface area contributed by atoms with Crippen LogP contribution in [-0.2, 0) is 20.6 Å². The molecule has 0 bridgehead atoms. The fourth-order valence-electron chi connectivity index (χ4n) is 4.00. The molecule has 2 N–H and O–H groups in total. The molecule has 3 heterocycles. The average molecular weight is 476 g/mol. The summed E-state index contributed by atoms with van der Waals surface area (Å²) in [6, 6.07) is 0.322. The van der Waals surface area contributed by atoms with E-state index in [1.807, 2.05) is 6.92 Å². The number of nitrogens with zero attached hydrogens (tertiary/aromatic N) is 2. The fourth-order valence-corrected chi connectivity index (χ4v) is 4.00. The SMILES string of the molecule is C=C(/C=C\C1=C(C)CCC(=O)N1)[C@@H]1CCCCN1C(=O)C(=O)Nc1cnc(C)c(C(F)(F)F)c1. The quantitative estimate of drug-likeness (QED) is 0.507. The monoisotopic (exact) mass is 476 g/mol. The number of halogens is 3. The highest BCUT2D eigenvalue weighted by Crippen LogP contribution is 2.32. The van der Waals surface area contributed by atoms with Crippen molar-refractivity contribution in [2.75, 3.05) is 11.9 Å². The number of hydrogen-bond acceptors (Lipinski definition) is 4. The Morgan fingerprint density at radius 2 is 2.00 bits per heavy atom. The third kappa shape index (κ3) is 5.92. The van der Waals surface area contributed by atoms with Gasteiger partial charge >= 0.3 is 18.0 Å². The van der Waals surface area contributed by atoms with Crippen molar-refractivity contribution in [3.63, 3.8) is 0 Å². The van der Waals surface area contributed by atoms with Gasteiger partial charge in [0, 0.05) is 24.4 Å². The second kappa shape index (κ2) is 10.2. The molecule has 3 amide bonds. The molecule has 1 aromatic heterocycles. The molecule has 2 aliphatic rings. The van der Waals surface area contributed by atoms with E-state index in [1.165, 1.54) is 11.8 Å². The van der Waals surface area contributed by atoms with Crippen LogP contribution in [0, 0.1) is 6.92 Å². The molecule has 0 saturated carbocycles. The Bertz CT molecular complexity index is 1080. The lowest BCUT2D eigenvalue weighted by molar-refractivity contribution is -0.145. The second-order valence-electron chi connectivity index (χ2n) is 8.47. The summed E-state index contributed by atoms with van der Waals surface area (Å²) >= 11 is 0. The van der Waals surface area contributed by atoms with E-state index in [0.29, 0.717) is 43.5 Å². The molecule has 7 nitrogen and oxygen atoms in total. The summed E-state index contributed by atoms with van der Waals surface area (Å²) in [5, 5.41) is 5.04. The zero-order valence-electron chi connectivity index (χ0n) is 19.1. The number of likely N-dealkylation sites (tertiary alicyclic amines) is 1. The van der Waals surface area contributed by atoms with Gasteiger partial charge in [0.15, 0.2) is 0 Å². The highest BCUT2D eigenvalue weighted by atomic mass is 19.4. The molecule has 182 valence electrons. The summed E-state index contributed by atoms with van der Waals surface area (Å²) in [6.45, 7) is 7.51. The second-order valence-corrected chi connectivity index (χ2v) is 8.47. The molecule has 0 radical (unpaired) electrons. The molecule has 1 atom stereocenters. The number of rotatable bonds is 4. The Balaban J connectivity index is 1.72. The number of hydrogen-bond donors (Lipinski definition) is 2. The Hall–Kier alpha value is -3.43. The van der Waals surface area contributed by atoms with Gasteiger partial charge in [0.05, 0.1) is 23.5 Å². The first-order valence-corrected chi connectivity index (χ1v) is 11.0. The number of alkyl halides is 3. The van der Waals surface area contributed by atoms with Gasteiger partial charge in [0.2, 0.25) is 5.91 Å². The van der Waals surface area contributed by atoms with Gasteiger partial charge in [0.1, 0.15) is 0 Å². The van der Waals surface area contributed by atoms with Gasteiger partial charge in [-0.3, -0.25) is 19.4 Å². The van der Waals surface area contributed by atoms with Crippen LogP contribution in [0.25, 0.3) is 0 Å². The number of allylic oxidation sites excluding steroid dienone is 2. The highest BCUT2D eigenvalue weighted by molar-refractivity contribution is 6.39. The summed E-state index contributed by atoms with van der Waals surface area (Å²) in [5.41, 5.74) is 0.902. The van der Waals surface area contributed by atoms with E-state index in [9.17, 15) is 27.6 Å². The zero-order valence-corrected chi connectivity index (χ0v) is 19.1. The molecular formula is C24H27F3N4O3. The standard InChI is InChI=1S/C24H27F3N4O3/c1-14-8-10-21(32)30-19(14)9-7-15(2)20-6-4-5-11-31(20)23(34)22(33)29-17-12-18(24(25,26)27)16(3)28-13-17/h7,9,12-13,20H,2,4-6,8,10-11H2,1,3H3,(H,29,33)(H,30,32)/b9-7-/t20-/m0/s1. The number of pyridine rings is 1. The first kappa shape index (κ1) is 25.2. The van der Waals surface area contributed by atoms with Crippen LogP contribution in [0.5, 0.6) is 0 Å². The summed E-state index contributed by atoms with van der Waals surface area (Å²) in [4.78, 5) is 42.2. The number of anilines is 1. The van der Waals surface area contributed by atoms with Crippen molar-refractivity contribution < 1.29 is 27.6 Å². The topological polar surface area (TPSA) is 91.4 Å². The number of piperidine rings is 1. The number of carbonyl (C=O) groups is 3. The normalized spacial score (nSPS) is 19.3. The van der Waals surface area contributed by atoms with Crippen molar-refractivity contribution in [2.24, 2.45) is 0 Å². The van der Waals surface area contributed by atoms with E-state index in [4.69, 9.17) is 0 Å². The first-order valence-electron chi connectivity index (χ1n) is 11.0. The number of aromatic nitrogens is 1. The van der Waals surface area contributed by atoms with Crippen LogP contribution in [0.15, 0.2) is 47.8 Å². The van der Waals surface area contributed by atoms with Gasteiger partial charge in [-0.15, -0.1) is 0 Å². The molecule has 1 aromatic rings. The third-order valence-electron chi connectivity index (χ3n) is 5.96. The van der Waals surface area contributed by atoms with Crippen LogP contribution >= 0.6 is 0 Å². The van der Waals surface area contributed by atoms with Crippen molar-refractivity contribution >= 4 is 23.4 Å². The average Bonchev–Trinajstić information content (AvgIpc) is 2.79. The van der Waals surface area contributed by atoms with Gasteiger partial charge < -0.3 is 15.5 Å². The van der Waals surface area contributed by atoms with Gasteiger partial charge in [-0.2, -0.15) is 13.2 Å². The molecule has 1 saturated heterocycles. The minimum absolute atomic E-state index is 0.0683. The lowest BCUT2D eigenvalue weighted by atomic mass is 9.95. The lowest BCUT2D eigenvalue weighted by Crippen LogP contribution is -2.48. The summed E-state index contributed by atoms with van der Waals surface area (Å²) in [6.07, 6.45) is 3.13. The molecule has 0 aliphatic carbocycles. The van der Waals surface area contributed by atoms with E-state index in [-0.39, 0.29) is 17.3 Å². The smallest absolute Gasteiger partial charge is 0.327 e. The fraction of sp³-hybridized carbons (Fsp3) is 0.417. The summed E-state index contributed by atoms with van der Waals surface area (Å²) in [5.74, 6) is -1.96. The number of carbonyl (C=O) groups excluding carboxylic acids is 3. The minimum Gasteiger partial charge on any atom is -0.327 e. The van der Waals surface area contributed by atoms with Crippen LogP contribution in [0.4, 0.5) is 18.9 Å². The maximum atomic E-state index is 13.1. The molecular weight excluding hydrogens is 449 g/mol. The minimum atomic E-state index is -4.63. The molecule has 2 aliphatic heterocycles. The zero-order chi connectivity index (χ0) is 25.0. The molecule has 0 aromatic carbocycles. The van der Waals surface area contributed by atoms with E-state index in [0.717, 1.165) is 24.3 Å². The van der Waals surface area contributed by atoms with E-state index in [2.05, 4.69) is 22.2 Å². The Kier molecular flexibility index (Phi) is 7.58. The summed E-state index contributed by atoms with van der Waals surface area (Å²) in [7, 11) is 0. The number of nitrogens with one attached hydrogen (secondary N) is 2. The van der Waals surface area contributed by atoms with Crippen LogP contribution in [0.1, 0.15) is 50.3 Å². The lowest BCUT2D eigenvalue weighted by Gasteiger charge is -2.35. The van der Waals surface area contributed by atoms with Crippen molar-refractivity contribution in [2.45, 2.75) is 58.2 Å². The Morgan fingerprint density at radius 3 is 2.71 bits per heavy atom. The maximum Gasteiger partial charge on any atom is 0.418 e. The molecule has 34 heavy (non-hydrogen) atoms. The van der Waals surface area contributed by atoms with Gasteiger partial charge in [-0.05, 0) is 62.8 Å². The van der Waals surface area contributed by atoms with Crippen molar-refractivity contribution in [1.29, 1.82) is 0 Å². The Labute approximate surface area is 195 Å². The van der Waals surface area contributed by atoms with Crippen molar-refractivity contribution in [3.8, 4) is 0 Å².